The molecule has 1 N–H and O–H groups in total. The van der Waals surface area contributed by atoms with Crippen LogP contribution < -0.4 is 10.1 Å². The predicted molar refractivity (Wildman–Crippen MR) is 66.2 cm³/mol. The van der Waals surface area contributed by atoms with Crippen LogP contribution in [0.25, 0.3) is 0 Å². The molecule has 0 aliphatic rings. The topological polar surface area (TPSA) is 47.6 Å². The van der Waals surface area contributed by atoms with E-state index in [2.05, 4.69) is 5.32 Å². The fourth-order valence-corrected chi connectivity index (χ4v) is 1.38. The van der Waals surface area contributed by atoms with Crippen LogP contribution in [0.3, 0.4) is 0 Å². The van der Waals surface area contributed by atoms with Gasteiger partial charge >= 0.3 is 0 Å². The molecular formula is C13H19NO3. The second-order valence-electron chi connectivity index (χ2n) is 3.72. The molecule has 1 rings (SSSR count). The molecule has 0 heterocycles. The summed E-state index contributed by atoms with van der Waals surface area (Å²) in [7, 11) is 1.65. The summed E-state index contributed by atoms with van der Waals surface area (Å²) in [5.74, 6) is 0.842. The van der Waals surface area contributed by atoms with Crippen molar-refractivity contribution in [3.8, 4) is 5.75 Å². The molecule has 0 unspecified atom stereocenters. The van der Waals surface area contributed by atoms with Gasteiger partial charge in [0.1, 0.15) is 12.4 Å². The van der Waals surface area contributed by atoms with E-state index in [1.54, 1.807) is 7.11 Å². The van der Waals surface area contributed by atoms with E-state index in [1.807, 2.05) is 24.3 Å². The van der Waals surface area contributed by atoms with Gasteiger partial charge in [-0.05, 0) is 24.1 Å². The molecule has 0 fully saturated rings. The summed E-state index contributed by atoms with van der Waals surface area (Å²) in [6.45, 7) is 3.33. The first kappa shape index (κ1) is 13.5. The number of carbonyl (C=O) groups is 1. The largest absolute Gasteiger partial charge is 0.491 e. The van der Waals surface area contributed by atoms with E-state index in [0.29, 0.717) is 19.8 Å². The van der Waals surface area contributed by atoms with Crippen LogP contribution in [0.5, 0.6) is 5.75 Å². The minimum absolute atomic E-state index is 0.00418. The summed E-state index contributed by atoms with van der Waals surface area (Å²) in [5.41, 5.74) is 1.18. The summed E-state index contributed by atoms with van der Waals surface area (Å²) in [6, 6.07) is 7.87. The van der Waals surface area contributed by atoms with Gasteiger partial charge < -0.3 is 14.8 Å². The fourth-order valence-electron chi connectivity index (χ4n) is 1.38. The molecule has 1 aromatic carbocycles. The van der Waals surface area contributed by atoms with Gasteiger partial charge in [0.15, 0.2) is 0 Å². The summed E-state index contributed by atoms with van der Waals surface area (Å²) in [6.07, 6.45) is 0.831. The second-order valence-corrected chi connectivity index (χ2v) is 3.72. The highest BCUT2D eigenvalue weighted by Crippen LogP contribution is 2.12. The Morgan fingerprint density at radius 1 is 1.24 bits per heavy atom. The average Bonchev–Trinajstić information content (AvgIpc) is 2.31. The Balaban J connectivity index is 2.31. The zero-order valence-corrected chi connectivity index (χ0v) is 10.4. The third-order valence-corrected chi connectivity index (χ3v) is 2.27. The SMILES string of the molecule is COCCOc1ccc(CCNC(C)=O)cc1. The van der Waals surface area contributed by atoms with Gasteiger partial charge in [-0.1, -0.05) is 12.1 Å². The van der Waals surface area contributed by atoms with Crippen molar-refractivity contribution in [2.24, 2.45) is 0 Å². The van der Waals surface area contributed by atoms with Crippen molar-refractivity contribution in [3.05, 3.63) is 29.8 Å². The van der Waals surface area contributed by atoms with E-state index in [1.165, 1.54) is 12.5 Å². The molecule has 0 bridgehead atoms. The lowest BCUT2D eigenvalue weighted by atomic mass is 10.1. The molecule has 0 atom stereocenters. The second kappa shape index (κ2) is 7.68. The molecule has 0 aromatic heterocycles. The van der Waals surface area contributed by atoms with Gasteiger partial charge in [0.2, 0.25) is 5.91 Å². The molecule has 94 valence electrons. The number of nitrogens with one attached hydrogen (secondary N) is 1. The molecule has 0 radical (unpaired) electrons. The Labute approximate surface area is 102 Å². The Hall–Kier alpha value is -1.55. The number of amides is 1. The quantitative estimate of drug-likeness (QED) is 0.729. The number of hydrogen-bond acceptors (Lipinski definition) is 3. The molecule has 4 heteroatoms. The molecule has 0 saturated heterocycles. The molecule has 17 heavy (non-hydrogen) atoms. The monoisotopic (exact) mass is 237 g/mol. The molecule has 0 spiro atoms. The minimum Gasteiger partial charge on any atom is -0.491 e. The number of carbonyl (C=O) groups excluding carboxylic acids is 1. The van der Waals surface area contributed by atoms with Gasteiger partial charge in [-0.3, -0.25) is 4.79 Å². The number of benzene rings is 1. The number of rotatable bonds is 7. The summed E-state index contributed by atoms with van der Waals surface area (Å²) < 4.78 is 10.3. The third-order valence-electron chi connectivity index (χ3n) is 2.27. The van der Waals surface area contributed by atoms with Crippen LogP contribution in [-0.4, -0.2) is 32.8 Å². The lowest BCUT2D eigenvalue weighted by Crippen LogP contribution is -2.22. The van der Waals surface area contributed by atoms with E-state index in [4.69, 9.17) is 9.47 Å². The van der Waals surface area contributed by atoms with Gasteiger partial charge in [-0.2, -0.15) is 0 Å². The van der Waals surface area contributed by atoms with Gasteiger partial charge in [-0.15, -0.1) is 0 Å². The van der Waals surface area contributed by atoms with E-state index in [9.17, 15) is 4.79 Å². The van der Waals surface area contributed by atoms with Crippen LogP contribution in [0.4, 0.5) is 0 Å². The number of hydrogen-bond donors (Lipinski definition) is 1. The van der Waals surface area contributed by atoms with Crippen LogP contribution in [0.2, 0.25) is 0 Å². The van der Waals surface area contributed by atoms with Crippen molar-refractivity contribution in [3.63, 3.8) is 0 Å². The maximum absolute atomic E-state index is 10.7. The lowest BCUT2D eigenvalue weighted by molar-refractivity contribution is -0.118. The van der Waals surface area contributed by atoms with Crippen molar-refractivity contribution in [1.29, 1.82) is 0 Å². The van der Waals surface area contributed by atoms with Crippen molar-refractivity contribution in [2.75, 3.05) is 26.9 Å². The molecule has 0 aliphatic heterocycles. The third kappa shape index (κ3) is 5.92. The van der Waals surface area contributed by atoms with Crippen LogP contribution in [0.1, 0.15) is 12.5 Å². The normalized spacial score (nSPS) is 10.0. The van der Waals surface area contributed by atoms with Gasteiger partial charge in [0.05, 0.1) is 6.61 Å². The lowest BCUT2D eigenvalue weighted by Gasteiger charge is -2.07. The maximum atomic E-state index is 10.7. The summed E-state index contributed by atoms with van der Waals surface area (Å²) in [5, 5.41) is 2.76. The van der Waals surface area contributed by atoms with Crippen LogP contribution in [0, 0.1) is 0 Å². The molecular weight excluding hydrogens is 218 g/mol. The van der Waals surface area contributed by atoms with Crippen LogP contribution >= 0.6 is 0 Å². The van der Waals surface area contributed by atoms with Crippen LogP contribution in [0.15, 0.2) is 24.3 Å². The van der Waals surface area contributed by atoms with Crippen molar-refractivity contribution in [2.45, 2.75) is 13.3 Å². The van der Waals surface area contributed by atoms with Gasteiger partial charge in [0.25, 0.3) is 0 Å². The maximum Gasteiger partial charge on any atom is 0.216 e. The standard InChI is InChI=1S/C13H19NO3/c1-11(15)14-8-7-12-3-5-13(6-4-12)17-10-9-16-2/h3-6H,7-10H2,1-2H3,(H,14,15). The highest BCUT2D eigenvalue weighted by Gasteiger charge is 1.96. The van der Waals surface area contributed by atoms with E-state index in [0.717, 1.165) is 12.2 Å². The zero-order valence-electron chi connectivity index (χ0n) is 10.4. The van der Waals surface area contributed by atoms with E-state index < -0.39 is 0 Å². The highest BCUT2D eigenvalue weighted by molar-refractivity contribution is 5.72. The van der Waals surface area contributed by atoms with Crippen LogP contribution in [-0.2, 0) is 16.0 Å². The number of methoxy groups -OCH3 is 1. The summed E-state index contributed by atoms with van der Waals surface area (Å²) in [4.78, 5) is 10.7. The molecule has 0 saturated carbocycles. The fraction of sp³-hybridized carbons (Fsp3) is 0.462. The molecule has 1 aromatic rings. The Morgan fingerprint density at radius 2 is 1.94 bits per heavy atom. The summed E-state index contributed by atoms with van der Waals surface area (Å²) >= 11 is 0. The zero-order chi connectivity index (χ0) is 12.5. The first-order chi connectivity index (χ1) is 8.22. The molecule has 4 nitrogen and oxygen atoms in total. The Morgan fingerprint density at radius 3 is 2.53 bits per heavy atom. The predicted octanol–water partition coefficient (Wildman–Crippen LogP) is 1.39. The smallest absolute Gasteiger partial charge is 0.216 e. The Kier molecular flexibility index (Phi) is 6.10. The highest BCUT2D eigenvalue weighted by atomic mass is 16.5. The average molecular weight is 237 g/mol. The molecule has 0 aliphatic carbocycles. The minimum atomic E-state index is 0.00418. The van der Waals surface area contributed by atoms with E-state index >= 15 is 0 Å². The van der Waals surface area contributed by atoms with Gasteiger partial charge in [-0.25, -0.2) is 0 Å². The molecule has 1 amide bonds. The number of ether oxygens (including phenoxy) is 2. The van der Waals surface area contributed by atoms with Crippen molar-refractivity contribution < 1.29 is 14.3 Å². The van der Waals surface area contributed by atoms with Crippen molar-refractivity contribution >= 4 is 5.91 Å². The first-order valence-electron chi connectivity index (χ1n) is 5.67. The van der Waals surface area contributed by atoms with Gasteiger partial charge in [0, 0.05) is 20.6 Å². The first-order valence-corrected chi connectivity index (χ1v) is 5.67. The van der Waals surface area contributed by atoms with Crippen molar-refractivity contribution in [1.82, 2.24) is 5.32 Å². The Bertz CT molecular complexity index is 335. The van der Waals surface area contributed by atoms with E-state index in [-0.39, 0.29) is 5.91 Å².